The highest BCUT2D eigenvalue weighted by Gasteiger charge is 2.78. The van der Waals surface area contributed by atoms with Crippen LogP contribution in [0.15, 0.2) is 0 Å². The maximum atomic E-state index is 4.09. The first kappa shape index (κ1) is 13.0. The highest BCUT2D eigenvalue weighted by Crippen LogP contribution is 2.66. The van der Waals surface area contributed by atoms with Gasteiger partial charge in [0.25, 0.3) is 0 Å². The summed E-state index contributed by atoms with van der Waals surface area (Å²) >= 11 is 16.3. The van der Waals surface area contributed by atoms with E-state index in [9.17, 15) is 0 Å². The molecule has 2 spiro atoms. The monoisotopic (exact) mass is 478 g/mol. The summed E-state index contributed by atoms with van der Waals surface area (Å²) in [6.45, 7) is 5.19. The third kappa shape index (κ3) is 1.14. The molecule has 0 aromatic carbocycles. The Bertz CT molecular complexity index is 276. The molecule has 2 nitrogen and oxygen atoms in total. The summed E-state index contributed by atoms with van der Waals surface area (Å²) in [5.74, 6) is 0. The van der Waals surface area contributed by atoms with Crippen molar-refractivity contribution in [1.82, 2.24) is 0 Å². The van der Waals surface area contributed by atoms with Crippen LogP contribution in [0.4, 0.5) is 0 Å². The van der Waals surface area contributed by atoms with E-state index in [1.54, 1.807) is 0 Å². The fourth-order valence-corrected chi connectivity index (χ4v) is 12.9. The van der Waals surface area contributed by atoms with Gasteiger partial charge in [0.2, 0.25) is 0 Å². The van der Waals surface area contributed by atoms with E-state index in [4.69, 9.17) is 0 Å². The third-order valence-corrected chi connectivity index (χ3v) is 11.8. The van der Waals surface area contributed by atoms with Gasteiger partial charge in [0, 0.05) is 26.2 Å². The van der Waals surface area contributed by atoms with E-state index in [0.29, 0.717) is 0 Å². The minimum Gasteiger partial charge on any atom is -0.574 e. The largest absolute Gasteiger partial charge is 0.574 e. The van der Waals surface area contributed by atoms with Crippen molar-refractivity contribution >= 4 is 71.2 Å². The minimum atomic E-state index is -0.691. The standard InChI is InChI=1S/C8H16B2Br4N2/c11-9(12)15(5-1-2-6-15)10(13,14)16(9)7-3-4-8-16/h1-8H2. The van der Waals surface area contributed by atoms with Crippen molar-refractivity contribution in [3.05, 3.63) is 0 Å². The number of quaternary nitrogens is 2. The number of rotatable bonds is 0. The van der Waals surface area contributed by atoms with Crippen LogP contribution in [-0.2, 0) is 0 Å². The maximum absolute atomic E-state index is 4.09. The van der Waals surface area contributed by atoms with E-state index in [1.165, 1.54) is 60.5 Å². The first-order valence-corrected chi connectivity index (χ1v) is 9.83. The Balaban J connectivity index is 2.06. The summed E-state index contributed by atoms with van der Waals surface area (Å²) in [7, 11) is 0. The zero-order valence-electron chi connectivity index (χ0n) is 9.22. The van der Waals surface area contributed by atoms with Crippen LogP contribution in [0, 0.1) is 0 Å². The Kier molecular flexibility index (Phi) is 3.04. The number of nitrogens with zero attached hydrogens (tertiary/aromatic N) is 2. The summed E-state index contributed by atoms with van der Waals surface area (Å²) in [6, 6.07) is 0. The summed E-state index contributed by atoms with van der Waals surface area (Å²) in [5, 5.41) is 0. The first-order valence-electron chi connectivity index (χ1n) is 6.17. The van der Waals surface area contributed by atoms with Crippen LogP contribution in [-0.4, -0.2) is 42.9 Å². The lowest BCUT2D eigenvalue weighted by atomic mass is 9.62. The predicted octanol–water partition coefficient (Wildman–Crippen LogP) is 3.67. The van der Waals surface area contributed by atoms with Gasteiger partial charge in [0.05, 0.1) is 0 Å². The van der Waals surface area contributed by atoms with Gasteiger partial charge in [0.1, 0.15) is 0 Å². The van der Waals surface area contributed by atoms with Gasteiger partial charge in [-0.3, -0.25) is 0 Å². The van der Waals surface area contributed by atoms with Crippen molar-refractivity contribution in [3.8, 4) is 0 Å². The highest BCUT2D eigenvalue weighted by molar-refractivity contribution is 9.53. The molecular formula is C8H16B2Br4N2. The molecule has 3 heterocycles. The molecule has 3 aliphatic heterocycles. The van der Waals surface area contributed by atoms with Crippen LogP contribution in [0.3, 0.4) is 0 Å². The van der Waals surface area contributed by atoms with Crippen molar-refractivity contribution < 1.29 is 8.61 Å². The smallest absolute Gasteiger partial charge is 0.456 e. The molecule has 0 aliphatic carbocycles. The lowest BCUT2D eigenvalue weighted by Gasteiger charge is -2.88. The van der Waals surface area contributed by atoms with E-state index in [-0.39, 0.29) is 0 Å². The van der Waals surface area contributed by atoms with Crippen molar-refractivity contribution in [2.24, 2.45) is 0 Å². The molecule has 3 rings (SSSR count). The highest BCUT2D eigenvalue weighted by atomic mass is 79.9. The molecular weight excluding hydrogens is 465 g/mol. The van der Waals surface area contributed by atoms with Gasteiger partial charge in [-0.2, -0.15) is 63.0 Å². The van der Waals surface area contributed by atoms with Gasteiger partial charge in [-0.1, -0.05) is 0 Å². The maximum Gasteiger partial charge on any atom is 0.456 e. The molecule has 16 heavy (non-hydrogen) atoms. The van der Waals surface area contributed by atoms with Crippen molar-refractivity contribution in [1.29, 1.82) is 0 Å². The van der Waals surface area contributed by atoms with Crippen LogP contribution in [0.25, 0.3) is 0 Å². The van der Waals surface area contributed by atoms with Crippen molar-refractivity contribution in [2.45, 2.75) is 25.7 Å². The first-order chi connectivity index (χ1) is 7.41. The van der Waals surface area contributed by atoms with Crippen LogP contribution in [0.5, 0.6) is 0 Å². The van der Waals surface area contributed by atoms with Crippen LogP contribution < -0.4 is 0 Å². The SMILES string of the molecule is Br[B-]1(Br)[N+]2(CCCC2)[B-](Br)(Br)[N+]12CCCC2. The number of halogens is 4. The van der Waals surface area contributed by atoms with Crippen molar-refractivity contribution in [2.75, 3.05) is 26.2 Å². The second-order valence-corrected chi connectivity index (χ2v) is 13.3. The predicted molar refractivity (Wildman–Crippen MR) is 85.7 cm³/mol. The quantitative estimate of drug-likeness (QED) is 0.464. The Hall–Kier alpha value is 1.97. The minimum absolute atomic E-state index is 0.691. The molecule has 92 valence electrons. The molecule has 0 bridgehead atoms. The second kappa shape index (κ2) is 3.75. The fourth-order valence-electron chi connectivity index (χ4n) is 4.37. The molecule has 0 aromatic heterocycles. The molecule has 0 amide bonds. The average molecular weight is 481 g/mol. The molecule has 0 atom stereocenters. The van der Waals surface area contributed by atoms with Gasteiger partial charge in [-0.15, -0.1) is 0 Å². The normalized spacial score (nSPS) is 36.8. The molecule has 3 fully saturated rings. The molecule has 0 N–H and O–H groups in total. The van der Waals surface area contributed by atoms with Gasteiger partial charge in [0.15, 0.2) is 0 Å². The van der Waals surface area contributed by atoms with Crippen LogP contribution >= 0.6 is 63.0 Å². The van der Waals surface area contributed by atoms with Gasteiger partial charge in [-0.05, 0) is 25.7 Å². The van der Waals surface area contributed by atoms with E-state index in [1.807, 2.05) is 0 Å². The van der Waals surface area contributed by atoms with Crippen molar-refractivity contribution in [3.63, 3.8) is 0 Å². The molecule has 3 aliphatic rings. The molecule has 0 aromatic rings. The Morgan fingerprint density at radius 2 is 0.812 bits per heavy atom. The lowest BCUT2D eigenvalue weighted by Crippen LogP contribution is -3.01. The molecule has 8 heteroatoms. The number of hydrogen-bond donors (Lipinski definition) is 0. The van der Waals surface area contributed by atoms with E-state index >= 15 is 0 Å². The zero-order chi connectivity index (χ0) is 11.7. The average Bonchev–Trinajstić information content (AvgIpc) is 2.89. The fraction of sp³-hybridized carbons (Fsp3) is 1.00. The number of hydrogen-bond acceptors (Lipinski definition) is 0. The Morgan fingerprint density at radius 3 is 1.06 bits per heavy atom. The zero-order valence-corrected chi connectivity index (χ0v) is 15.6. The van der Waals surface area contributed by atoms with E-state index in [2.05, 4.69) is 63.0 Å². The third-order valence-electron chi connectivity index (χ3n) is 5.27. The second-order valence-electron chi connectivity index (χ2n) is 5.69. The molecule has 3 saturated heterocycles. The van der Waals surface area contributed by atoms with E-state index < -0.39 is 8.13 Å². The summed E-state index contributed by atoms with van der Waals surface area (Å²) < 4.78 is 1.01. The molecule has 0 unspecified atom stereocenters. The molecule has 0 radical (unpaired) electrons. The summed E-state index contributed by atoms with van der Waals surface area (Å²) in [5.41, 5.74) is 0. The summed E-state index contributed by atoms with van der Waals surface area (Å²) in [4.78, 5) is 0. The lowest BCUT2D eigenvalue weighted by molar-refractivity contribution is -0.933. The summed E-state index contributed by atoms with van der Waals surface area (Å²) in [6.07, 6.45) is 5.45. The Morgan fingerprint density at radius 1 is 0.562 bits per heavy atom. The Labute approximate surface area is 130 Å². The van der Waals surface area contributed by atoms with E-state index in [0.717, 1.165) is 0 Å². The topological polar surface area (TPSA) is 0 Å². The van der Waals surface area contributed by atoms with Gasteiger partial charge in [-0.25, -0.2) is 0 Å². The van der Waals surface area contributed by atoms with Crippen LogP contribution in [0.2, 0.25) is 0 Å². The van der Waals surface area contributed by atoms with Crippen LogP contribution in [0.1, 0.15) is 25.7 Å². The molecule has 0 saturated carbocycles. The van der Waals surface area contributed by atoms with Gasteiger partial charge < -0.3 is 8.61 Å². The van der Waals surface area contributed by atoms with Gasteiger partial charge >= 0.3 is 8.13 Å².